The van der Waals surface area contributed by atoms with Gasteiger partial charge in [-0.15, -0.1) is 0 Å². The Morgan fingerprint density at radius 2 is 1.21 bits per heavy atom. The van der Waals surface area contributed by atoms with E-state index in [1.807, 2.05) is 0 Å². The highest BCUT2D eigenvalue weighted by molar-refractivity contribution is 6.07. The molecule has 0 N–H and O–H groups in total. The van der Waals surface area contributed by atoms with E-state index in [0.717, 1.165) is 0 Å². The number of carbonyl (C=O) groups excluding carboxylic acids is 2. The summed E-state index contributed by atoms with van der Waals surface area (Å²) in [6, 6.07) is 0. The maximum atomic E-state index is 11.2. The molecule has 4 heteroatoms. The van der Waals surface area contributed by atoms with E-state index in [-0.39, 0.29) is 11.6 Å². The van der Waals surface area contributed by atoms with Crippen LogP contribution in [0.25, 0.3) is 0 Å². The maximum absolute atomic E-state index is 11.2. The molecule has 82 valence electrons. The third-order valence-corrected chi connectivity index (χ3v) is 1.80. The van der Waals surface area contributed by atoms with Crippen LogP contribution in [0.1, 0.15) is 41.5 Å². The number of hydrogen-bond donors (Lipinski definition) is 0. The number of carbonyl (C=O) groups is 2. The number of rotatable bonds is 4. The zero-order valence-corrected chi connectivity index (χ0v) is 9.63. The summed E-state index contributed by atoms with van der Waals surface area (Å²) in [4.78, 5) is 32.3. The number of hydrogen-bond acceptors (Lipinski definition) is 4. The van der Waals surface area contributed by atoms with Crippen molar-refractivity contribution in [3.8, 4) is 0 Å². The monoisotopic (exact) mass is 202 g/mol. The minimum atomic E-state index is -1.49. The predicted molar refractivity (Wildman–Crippen MR) is 51.7 cm³/mol. The van der Waals surface area contributed by atoms with Gasteiger partial charge in [-0.2, -0.15) is 0 Å². The SMILES string of the molecule is CC(=O)C(C)(OOC(C)(C)C)C(C)=O. The fraction of sp³-hybridized carbons (Fsp3) is 0.800. The third-order valence-electron chi connectivity index (χ3n) is 1.80. The van der Waals surface area contributed by atoms with E-state index in [4.69, 9.17) is 9.78 Å². The van der Waals surface area contributed by atoms with Crippen LogP contribution in [0.5, 0.6) is 0 Å². The summed E-state index contributed by atoms with van der Waals surface area (Å²) in [6.45, 7) is 9.32. The van der Waals surface area contributed by atoms with Crippen molar-refractivity contribution in [1.82, 2.24) is 0 Å². The molecule has 0 aliphatic rings. The third kappa shape index (κ3) is 3.55. The molecule has 0 saturated carbocycles. The quantitative estimate of drug-likeness (QED) is 0.395. The van der Waals surface area contributed by atoms with Crippen molar-refractivity contribution in [1.29, 1.82) is 0 Å². The Morgan fingerprint density at radius 1 is 0.857 bits per heavy atom. The Morgan fingerprint density at radius 3 is 1.43 bits per heavy atom. The Kier molecular flexibility index (Phi) is 3.97. The zero-order chi connectivity index (χ0) is 11.6. The summed E-state index contributed by atoms with van der Waals surface area (Å²) < 4.78 is 0. The molecule has 0 aliphatic carbocycles. The normalized spacial score (nSPS) is 12.7. The smallest absolute Gasteiger partial charge is 0.215 e. The van der Waals surface area contributed by atoms with Crippen LogP contribution in [0, 0.1) is 0 Å². The van der Waals surface area contributed by atoms with Gasteiger partial charge >= 0.3 is 0 Å². The van der Waals surface area contributed by atoms with E-state index < -0.39 is 11.2 Å². The number of ketones is 2. The summed E-state index contributed by atoms with van der Waals surface area (Å²) in [6.07, 6.45) is 0. The second-order valence-corrected chi connectivity index (χ2v) is 4.42. The first-order valence-corrected chi connectivity index (χ1v) is 4.48. The molecule has 0 spiro atoms. The summed E-state index contributed by atoms with van der Waals surface area (Å²) >= 11 is 0. The Labute approximate surface area is 84.5 Å². The van der Waals surface area contributed by atoms with Crippen LogP contribution >= 0.6 is 0 Å². The predicted octanol–water partition coefficient (Wildman–Crippen LogP) is 1.67. The van der Waals surface area contributed by atoms with Gasteiger partial charge in [-0.05, 0) is 41.5 Å². The van der Waals surface area contributed by atoms with Crippen LogP contribution in [0.2, 0.25) is 0 Å². The molecular formula is C10H18O4. The topological polar surface area (TPSA) is 52.6 Å². The molecule has 0 aromatic rings. The van der Waals surface area contributed by atoms with E-state index in [0.29, 0.717) is 0 Å². The lowest BCUT2D eigenvalue weighted by atomic mass is 9.98. The zero-order valence-electron chi connectivity index (χ0n) is 9.63. The molecule has 4 nitrogen and oxygen atoms in total. The first kappa shape index (κ1) is 13.3. The van der Waals surface area contributed by atoms with Crippen LogP contribution < -0.4 is 0 Å². The Bertz CT molecular complexity index is 223. The first-order valence-electron chi connectivity index (χ1n) is 4.48. The lowest BCUT2D eigenvalue weighted by molar-refractivity contribution is -0.380. The van der Waals surface area contributed by atoms with E-state index >= 15 is 0 Å². The molecule has 0 heterocycles. The van der Waals surface area contributed by atoms with Gasteiger partial charge in [0.2, 0.25) is 5.60 Å². The van der Waals surface area contributed by atoms with Crippen molar-refractivity contribution in [3.05, 3.63) is 0 Å². The van der Waals surface area contributed by atoms with Crippen molar-refractivity contribution in [2.75, 3.05) is 0 Å². The molecule has 0 radical (unpaired) electrons. The van der Waals surface area contributed by atoms with Gasteiger partial charge in [-0.1, -0.05) is 0 Å². The van der Waals surface area contributed by atoms with Gasteiger partial charge in [0.25, 0.3) is 0 Å². The van der Waals surface area contributed by atoms with Gasteiger partial charge in [-0.3, -0.25) is 9.59 Å². The Balaban J connectivity index is 4.56. The molecule has 0 rings (SSSR count). The molecule has 0 fully saturated rings. The van der Waals surface area contributed by atoms with Crippen LogP contribution in [-0.2, 0) is 19.4 Å². The highest BCUT2D eigenvalue weighted by Crippen LogP contribution is 2.18. The lowest BCUT2D eigenvalue weighted by Crippen LogP contribution is -2.45. The van der Waals surface area contributed by atoms with Crippen molar-refractivity contribution < 1.29 is 19.4 Å². The fourth-order valence-electron chi connectivity index (χ4n) is 0.574. The molecule has 0 aromatic heterocycles. The second kappa shape index (κ2) is 4.19. The Hall–Kier alpha value is -0.740. The largest absolute Gasteiger partial charge is 0.296 e. The second-order valence-electron chi connectivity index (χ2n) is 4.42. The minimum absolute atomic E-state index is 0.366. The van der Waals surface area contributed by atoms with Crippen LogP contribution in [0.15, 0.2) is 0 Å². The van der Waals surface area contributed by atoms with Gasteiger partial charge in [0, 0.05) is 0 Å². The summed E-state index contributed by atoms with van der Waals surface area (Å²) in [5, 5.41) is 0. The highest BCUT2D eigenvalue weighted by atomic mass is 17.2. The van der Waals surface area contributed by atoms with Crippen molar-refractivity contribution in [2.24, 2.45) is 0 Å². The van der Waals surface area contributed by atoms with Crippen molar-refractivity contribution in [2.45, 2.75) is 52.7 Å². The molecule has 14 heavy (non-hydrogen) atoms. The summed E-state index contributed by atoms with van der Waals surface area (Å²) in [5.74, 6) is -0.733. The van der Waals surface area contributed by atoms with Gasteiger partial charge in [0.05, 0.1) is 5.60 Å². The van der Waals surface area contributed by atoms with Crippen molar-refractivity contribution in [3.63, 3.8) is 0 Å². The van der Waals surface area contributed by atoms with Crippen LogP contribution in [-0.4, -0.2) is 22.8 Å². The summed E-state index contributed by atoms with van der Waals surface area (Å²) in [7, 11) is 0. The van der Waals surface area contributed by atoms with E-state index in [9.17, 15) is 9.59 Å². The average Bonchev–Trinajstić information content (AvgIpc) is 1.97. The molecule has 0 unspecified atom stereocenters. The van der Waals surface area contributed by atoms with Gasteiger partial charge in [-0.25, -0.2) is 9.78 Å². The van der Waals surface area contributed by atoms with Gasteiger partial charge in [0.1, 0.15) is 0 Å². The van der Waals surface area contributed by atoms with Crippen LogP contribution in [0.4, 0.5) is 0 Å². The molecular weight excluding hydrogens is 184 g/mol. The summed E-state index contributed by atoms with van der Waals surface area (Å²) in [5.41, 5.74) is -2.04. The standard InChI is InChI=1S/C10H18O4/c1-7(11)10(6,8(2)12)14-13-9(3,4)5/h1-6H3. The van der Waals surface area contributed by atoms with Gasteiger partial charge in [0.15, 0.2) is 11.6 Å². The minimum Gasteiger partial charge on any atom is -0.296 e. The first-order chi connectivity index (χ1) is 6.09. The maximum Gasteiger partial charge on any atom is 0.215 e. The highest BCUT2D eigenvalue weighted by Gasteiger charge is 2.39. The molecule has 0 aromatic carbocycles. The number of Topliss-reactive ketones (excluding diaryl/α,β-unsaturated/α-hetero) is 2. The molecule has 0 saturated heterocycles. The van der Waals surface area contributed by atoms with Gasteiger partial charge < -0.3 is 0 Å². The molecule has 0 aliphatic heterocycles. The van der Waals surface area contributed by atoms with Crippen LogP contribution in [0.3, 0.4) is 0 Å². The lowest BCUT2D eigenvalue weighted by Gasteiger charge is -2.27. The fourth-order valence-corrected chi connectivity index (χ4v) is 0.574. The van der Waals surface area contributed by atoms with Crippen molar-refractivity contribution >= 4 is 11.6 Å². The van der Waals surface area contributed by atoms with E-state index in [2.05, 4.69) is 0 Å². The molecule has 0 amide bonds. The van der Waals surface area contributed by atoms with E-state index in [1.54, 1.807) is 20.8 Å². The molecule has 0 atom stereocenters. The van der Waals surface area contributed by atoms with E-state index in [1.165, 1.54) is 20.8 Å². The average molecular weight is 202 g/mol. The molecule has 0 bridgehead atoms.